The standard InChI is InChI=1S/C33H27IN2O4S/c1-21-9-15-27(17-22(21)2)36-32(38)28(31(37)35(33(36)41)26-7-5-4-6-8-26)18-24-12-16-29(30(19-24)39-3)40-20-23-10-13-25(34)14-11-23/h4-19H,20H2,1-3H3/b28-18-. The average molecular weight is 675 g/mol. The van der Waals surface area contributed by atoms with E-state index in [0.29, 0.717) is 35.0 Å². The first-order valence-corrected chi connectivity index (χ1v) is 14.4. The number of amides is 2. The van der Waals surface area contributed by atoms with Crippen molar-refractivity contribution in [3.63, 3.8) is 0 Å². The first-order valence-electron chi connectivity index (χ1n) is 12.9. The Labute approximate surface area is 258 Å². The Morgan fingerprint density at radius 3 is 2.12 bits per heavy atom. The number of aryl methyl sites for hydroxylation is 2. The largest absolute Gasteiger partial charge is 0.493 e. The quantitative estimate of drug-likeness (QED) is 0.0896. The molecule has 2 amide bonds. The van der Waals surface area contributed by atoms with Gasteiger partial charge in [-0.3, -0.25) is 19.4 Å². The molecular weight excluding hydrogens is 647 g/mol. The van der Waals surface area contributed by atoms with E-state index in [0.717, 1.165) is 20.3 Å². The molecular formula is C33H27IN2O4S. The lowest BCUT2D eigenvalue weighted by Gasteiger charge is -2.36. The summed E-state index contributed by atoms with van der Waals surface area (Å²) in [5.74, 6) is 0.0538. The van der Waals surface area contributed by atoms with E-state index < -0.39 is 11.8 Å². The van der Waals surface area contributed by atoms with Gasteiger partial charge in [0.1, 0.15) is 12.2 Å². The van der Waals surface area contributed by atoms with Crippen LogP contribution in [0.15, 0.2) is 96.6 Å². The van der Waals surface area contributed by atoms with Crippen LogP contribution in [0.1, 0.15) is 22.3 Å². The van der Waals surface area contributed by atoms with E-state index >= 15 is 0 Å². The monoisotopic (exact) mass is 674 g/mol. The molecule has 1 aliphatic rings. The third-order valence-electron chi connectivity index (χ3n) is 6.82. The van der Waals surface area contributed by atoms with Crippen LogP contribution in [0, 0.1) is 17.4 Å². The number of hydrogen-bond donors (Lipinski definition) is 0. The van der Waals surface area contributed by atoms with Gasteiger partial charge in [-0.1, -0.05) is 42.5 Å². The number of halogens is 1. The van der Waals surface area contributed by atoms with E-state index in [2.05, 4.69) is 22.6 Å². The van der Waals surface area contributed by atoms with Crippen molar-refractivity contribution in [2.45, 2.75) is 20.5 Å². The molecule has 0 saturated carbocycles. The molecule has 0 unspecified atom stereocenters. The molecule has 0 aliphatic carbocycles. The Bertz CT molecular complexity index is 1670. The zero-order valence-corrected chi connectivity index (χ0v) is 25.7. The number of carbonyl (C=O) groups is 2. The number of carbonyl (C=O) groups excluding carboxylic acids is 2. The number of methoxy groups -OCH3 is 1. The number of thiocarbonyl (C=S) groups is 1. The summed E-state index contributed by atoms with van der Waals surface area (Å²) in [7, 11) is 1.55. The molecule has 4 aromatic carbocycles. The lowest BCUT2D eigenvalue weighted by atomic mass is 10.0. The molecule has 1 heterocycles. The first kappa shape index (κ1) is 28.5. The topological polar surface area (TPSA) is 59.1 Å². The minimum atomic E-state index is -0.496. The molecule has 0 bridgehead atoms. The van der Waals surface area contributed by atoms with Crippen LogP contribution in [0.2, 0.25) is 0 Å². The number of nitrogens with zero attached hydrogens (tertiary/aromatic N) is 2. The molecule has 0 aromatic heterocycles. The van der Waals surface area contributed by atoms with Gasteiger partial charge in [-0.25, -0.2) is 0 Å². The zero-order valence-electron chi connectivity index (χ0n) is 22.8. The normalized spacial score (nSPS) is 14.5. The van der Waals surface area contributed by atoms with Gasteiger partial charge in [-0.2, -0.15) is 0 Å². The van der Waals surface area contributed by atoms with Gasteiger partial charge in [0.15, 0.2) is 16.6 Å². The van der Waals surface area contributed by atoms with E-state index in [9.17, 15) is 9.59 Å². The number of benzene rings is 4. The summed E-state index contributed by atoms with van der Waals surface area (Å²) in [5, 5.41) is 0.100. The summed E-state index contributed by atoms with van der Waals surface area (Å²) in [6.07, 6.45) is 1.57. The lowest BCUT2D eigenvalue weighted by Crippen LogP contribution is -2.57. The molecule has 6 nitrogen and oxygen atoms in total. The van der Waals surface area contributed by atoms with E-state index in [4.69, 9.17) is 21.7 Å². The molecule has 1 aliphatic heterocycles. The minimum Gasteiger partial charge on any atom is -0.493 e. The molecule has 206 valence electrons. The third-order valence-corrected chi connectivity index (χ3v) is 7.90. The van der Waals surface area contributed by atoms with Gasteiger partial charge in [0.25, 0.3) is 11.8 Å². The van der Waals surface area contributed by atoms with Crippen molar-refractivity contribution in [2.24, 2.45) is 0 Å². The van der Waals surface area contributed by atoms with Gasteiger partial charge in [-0.05, 0) is 126 Å². The van der Waals surface area contributed by atoms with Crippen LogP contribution in [0.25, 0.3) is 6.08 Å². The molecule has 0 spiro atoms. The Morgan fingerprint density at radius 2 is 1.46 bits per heavy atom. The third kappa shape index (κ3) is 6.03. The van der Waals surface area contributed by atoms with Crippen LogP contribution in [0.5, 0.6) is 11.5 Å². The van der Waals surface area contributed by atoms with Crippen LogP contribution in [0.3, 0.4) is 0 Å². The second-order valence-electron chi connectivity index (χ2n) is 9.55. The van der Waals surface area contributed by atoms with Crippen LogP contribution in [-0.2, 0) is 16.2 Å². The van der Waals surface area contributed by atoms with E-state index in [1.807, 2.05) is 74.5 Å². The summed E-state index contributed by atoms with van der Waals surface area (Å²) >= 11 is 8.00. The van der Waals surface area contributed by atoms with Gasteiger partial charge >= 0.3 is 0 Å². The van der Waals surface area contributed by atoms with Gasteiger partial charge in [-0.15, -0.1) is 0 Å². The molecule has 8 heteroatoms. The van der Waals surface area contributed by atoms with Crippen LogP contribution < -0.4 is 19.3 Å². The minimum absolute atomic E-state index is 0.0182. The maximum absolute atomic E-state index is 13.9. The number of ether oxygens (including phenoxy) is 2. The summed E-state index contributed by atoms with van der Waals surface area (Å²) in [6.45, 7) is 4.35. The van der Waals surface area contributed by atoms with Gasteiger partial charge < -0.3 is 9.47 Å². The van der Waals surface area contributed by atoms with Crippen LogP contribution in [-0.4, -0.2) is 24.0 Å². The van der Waals surface area contributed by atoms with Crippen LogP contribution >= 0.6 is 34.8 Å². The van der Waals surface area contributed by atoms with Gasteiger partial charge in [0.2, 0.25) is 0 Å². The second-order valence-corrected chi connectivity index (χ2v) is 11.2. The Kier molecular flexibility index (Phi) is 8.51. The van der Waals surface area contributed by atoms with Crippen molar-refractivity contribution < 1.29 is 19.1 Å². The average Bonchev–Trinajstić information content (AvgIpc) is 2.97. The number of hydrogen-bond acceptors (Lipinski definition) is 5. The Balaban J connectivity index is 1.52. The zero-order chi connectivity index (χ0) is 29.1. The number of para-hydroxylation sites is 1. The molecule has 0 N–H and O–H groups in total. The highest BCUT2D eigenvalue weighted by atomic mass is 127. The molecule has 1 fully saturated rings. The molecule has 0 radical (unpaired) electrons. The smallest absolute Gasteiger partial charge is 0.270 e. The fourth-order valence-corrected chi connectivity index (χ4v) is 5.16. The summed E-state index contributed by atoms with van der Waals surface area (Å²) in [4.78, 5) is 30.5. The highest BCUT2D eigenvalue weighted by molar-refractivity contribution is 14.1. The van der Waals surface area contributed by atoms with Crippen molar-refractivity contribution in [3.05, 3.63) is 122 Å². The van der Waals surface area contributed by atoms with Crippen molar-refractivity contribution in [2.75, 3.05) is 16.9 Å². The Hall–Kier alpha value is -4.02. The number of anilines is 2. The number of rotatable bonds is 7. The molecule has 4 aromatic rings. The van der Waals surface area contributed by atoms with Crippen molar-refractivity contribution in [3.8, 4) is 11.5 Å². The molecule has 1 saturated heterocycles. The van der Waals surface area contributed by atoms with Gasteiger partial charge in [0.05, 0.1) is 18.5 Å². The summed E-state index contributed by atoms with van der Waals surface area (Å²) in [5.41, 5.74) is 4.90. The lowest BCUT2D eigenvalue weighted by molar-refractivity contribution is -0.120. The first-order chi connectivity index (χ1) is 19.8. The van der Waals surface area contributed by atoms with E-state index in [1.165, 1.54) is 9.80 Å². The fraction of sp³-hybridized carbons (Fsp3) is 0.121. The molecule has 41 heavy (non-hydrogen) atoms. The highest BCUT2D eigenvalue weighted by Crippen LogP contribution is 2.33. The summed E-state index contributed by atoms with van der Waals surface area (Å²) < 4.78 is 12.8. The van der Waals surface area contributed by atoms with Crippen molar-refractivity contribution in [1.29, 1.82) is 0 Å². The fourth-order valence-electron chi connectivity index (χ4n) is 4.43. The van der Waals surface area contributed by atoms with Crippen molar-refractivity contribution in [1.82, 2.24) is 0 Å². The maximum Gasteiger partial charge on any atom is 0.270 e. The highest BCUT2D eigenvalue weighted by Gasteiger charge is 2.41. The van der Waals surface area contributed by atoms with Crippen molar-refractivity contribution >= 4 is 69.2 Å². The van der Waals surface area contributed by atoms with E-state index in [1.54, 1.807) is 43.5 Å². The second kappa shape index (κ2) is 12.2. The maximum atomic E-state index is 13.9. The predicted molar refractivity (Wildman–Crippen MR) is 174 cm³/mol. The summed E-state index contributed by atoms with van der Waals surface area (Å²) in [6, 6.07) is 28.2. The van der Waals surface area contributed by atoms with Gasteiger partial charge in [0, 0.05) is 3.57 Å². The SMILES string of the molecule is COc1cc(/C=C2/C(=O)N(c3ccccc3)C(=S)N(c3ccc(C)c(C)c3)C2=O)ccc1OCc1ccc(I)cc1. The van der Waals surface area contributed by atoms with Crippen LogP contribution in [0.4, 0.5) is 11.4 Å². The molecule has 5 rings (SSSR count). The van der Waals surface area contributed by atoms with E-state index in [-0.39, 0.29) is 10.7 Å². The molecule has 0 atom stereocenters. The Morgan fingerprint density at radius 1 is 0.780 bits per heavy atom. The predicted octanol–water partition coefficient (Wildman–Crippen LogP) is 7.24.